The van der Waals surface area contributed by atoms with Gasteiger partial charge in [-0.1, -0.05) is 16.8 Å². The van der Waals surface area contributed by atoms with Crippen molar-refractivity contribution in [2.45, 2.75) is 57.4 Å². The Morgan fingerprint density at radius 1 is 1.14 bits per heavy atom. The molecule has 9 heteroatoms. The Morgan fingerprint density at radius 2 is 1.89 bits per heavy atom. The maximum absolute atomic E-state index is 13.7. The molecule has 5 rings (SSSR count). The molecular formula is C27H38ClFN4O3. The van der Waals surface area contributed by atoms with Gasteiger partial charge in [0.15, 0.2) is 11.4 Å². The summed E-state index contributed by atoms with van der Waals surface area (Å²) in [4.78, 5) is 17.1. The first-order valence-corrected chi connectivity index (χ1v) is 13.9. The smallest absolute Gasteiger partial charge is 0.220 e. The van der Waals surface area contributed by atoms with E-state index < -0.39 is 5.82 Å². The van der Waals surface area contributed by atoms with Crippen molar-refractivity contribution in [3.63, 3.8) is 0 Å². The number of aromatic nitrogens is 1. The summed E-state index contributed by atoms with van der Waals surface area (Å²) in [6, 6.07) is 3.26. The summed E-state index contributed by atoms with van der Waals surface area (Å²) >= 11 is 5.97. The first-order valence-electron chi connectivity index (χ1n) is 13.5. The van der Waals surface area contributed by atoms with Gasteiger partial charge >= 0.3 is 0 Å². The van der Waals surface area contributed by atoms with Crippen LogP contribution in [0.1, 0.15) is 51.4 Å². The number of piperazine rings is 1. The molecule has 1 saturated heterocycles. The number of benzene rings is 1. The number of nitrogens with zero attached hydrogens (tertiary/aromatic N) is 3. The number of halogens is 2. The lowest BCUT2D eigenvalue weighted by molar-refractivity contribution is -0.124. The van der Waals surface area contributed by atoms with Crippen LogP contribution in [0.4, 0.5) is 10.2 Å². The van der Waals surface area contributed by atoms with E-state index in [0.717, 1.165) is 82.1 Å². The number of fused-ring (bicyclic) bond motifs is 1. The Kier molecular flexibility index (Phi) is 8.33. The van der Waals surface area contributed by atoms with Crippen LogP contribution in [-0.2, 0) is 9.53 Å². The van der Waals surface area contributed by atoms with Gasteiger partial charge in [-0.15, -0.1) is 0 Å². The van der Waals surface area contributed by atoms with Crippen molar-refractivity contribution in [3.8, 4) is 0 Å². The zero-order valence-electron chi connectivity index (χ0n) is 21.2. The van der Waals surface area contributed by atoms with E-state index in [9.17, 15) is 9.18 Å². The fraction of sp³-hybridized carbons (Fsp3) is 0.704. The van der Waals surface area contributed by atoms with Gasteiger partial charge in [0.1, 0.15) is 5.82 Å². The highest BCUT2D eigenvalue weighted by molar-refractivity contribution is 6.31. The molecule has 1 aliphatic heterocycles. The molecule has 7 nitrogen and oxygen atoms in total. The van der Waals surface area contributed by atoms with E-state index in [1.807, 2.05) is 0 Å². The van der Waals surface area contributed by atoms with E-state index >= 15 is 0 Å². The third-order valence-electron chi connectivity index (χ3n) is 8.44. The molecule has 36 heavy (non-hydrogen) atoms. The molecule has 3 fully saturated rings. The quantitative estimate of drug-likeness (QED) is 0.508. The highest BCUT2D eigenvalue weighted by atomic mass is 35.5. The first kappa shape index (κ1) is 25.7. The number of carbonyl (C=O) groups is 1. The average Bonchev–Trinajstić information content (AvgIpc) is 3.25. The fourth-order valence-electron chi connectivity index (χ4n) is 6.25. The molecule has 0 radical (unpaired) electrons. The summed E-state index contributed by atoms with van der Waals surface area (Å²) in [6.07, 6.45) is 8.76. The molecule has 0 unspecified atom stereocenters. The number of anilines is 1. The molecule has 0 spiro atoms. The summed E-state index contributed by atoms with van der Waals surface area (Å²) in [7, 11) is 1.75. The number of methoxy groups -OCH3 is 1. The van der Waals surface area contributed by atoms with Gasteiger partial charge in [0, 0.05) is 58.4 Å². The van der Waals surface area contributed by atoms with E-state index in [4.69, 9.17) is 20.9 Å². The molecule has 3 aliphatic rings. The first-order chi connectivity index (χ1) is 17.5. The zero-order valence-corrected chi connectivity index (χ0v) is 21.9. The van der Waals surface area contributed by atoms with Gasteiger partial charge in [-0.25, -0.2) is 4.39 Å². The summed E-state index contributed by atoms with van der Waals surface area (Å²) in [6.45, 7) is 5.61. The lowest BCUT2D eigenvalue weighted by Gasteiger charge is -2.36. The second-order valence-electron chi connectivity index (χ2n) is 11.0. The van der Waals surface area contributed by atoms with Gasteiger partial charge in [-0.2, -0.15) is 0 Å². The van der Waals surface area contributed by atoms with E-state index in [0.29, 0.717) is 29.9 Å². The molecule has 1 aromatic heterocycles. The lowest BCUT2D eigenvalue weighted by Crippen LogP contribution is -2.47. The Labute approximate surface area is 217 Å². The molecule has 0 atom stereocenters. The summed E-state index contributed by atoms with van der Waals surface area (Å²) in [5, 5.41) is 8.34. The molecule has 1 amide bonds. The molecule has 1 aromatic carbocycles. The van der Waals surface area contributed by atoms with Gasteiger partial charge in [-0.3, -0.25) is 9.69 Å². The molecule has 2 aliphatic carbocycles. The monoisotopic (exact) mass is 520 g/mol. The van der Waals surface area contributed by atoms with E-state index in [-0.39, 0.29) is 10.9 Å². The van der Waals surface area contributed by atoms with Crippen LogP contribution < -0.4 is 10.2 Å². The van der Waals surface area contributed by atoms with Crippen LogP contribution in [0.15, 0.2) is 16.7 Å². The highest BCUT2D eigenvalue weighted by Crippen LogP contribution is 2.36. The summed E-state index contributed by atoms with van der Waals surface area (Å²) in [5.74, 6) is 2.44. The van der Waals surface area contributed by atoms with Crippen molar-refractivity contribution in [3.05, 3.63) is 23.0 Å². The topological polar surface area (TPSA) is 70.8 Å². The fourth-order valence-corrected chi connectivity index (χ4v) is 6.42. The molecule has 0 bridgehead atoms. The maximum Gasteiger partial charge on any atom is 0.220 e. The summed E-state index contributed by atoms with van der Waals surface area (Å²) in [5.41, 5.74) is 0.430. The van der Waals surface area contributed by atoms with Crippen molar-refractivity contribution in [1.82, 2.24) is 15.4 Å². The Bertz CT molecular complexity index is 1030. The van der Waals surface area contributed by atoms with Gasteiger partial charge in [-0.05, 0) is 75.3 Å². The van der Waals surface area contributed by atoms with Crippen molar-refractivity contribution in [2.24, 2.45) is 17.8 Å². The van der Waals surface area contributed by atoms with Gasteiger partial charge < -0.3 is 19.5 Å². The van der Waals surface area contributed by atoms with Crippen molar-refractivity contribution in [2.75, 3.05) is 51.3 Å². The number of nitrogens with one attached hydrogen (secondary N) is 1. The van der Waals surface area contributed by atoms with Crippen molar-refractivity contribution >= 4 is 34.3 Å². The number of hydrogen-bond acceptors (Lipinski definition) is 6. The molecule has 198 valence electrons. The SMILES string of the molecule is COC[C@H]1C[C@H](CC(=O)N[C@H]2CC[C@H](CCN3CCN(c4noc5cc(F)c(Cl)cc45)CC3)CC2)C1. The van der Waals surface area contributed by atoms with E-state index in [2.05, 4.69) is 20.3 Å². The van der Waals surface area contributed by atoms with Crippen LogP contribution >= 0.6 is 11.6 Å². The largest absolute Gasteiger partial charge is 0.384 e. The molecule has 2 saturated carbocycles. The predicted molar refractivity (Wildman–Crippen MR) is 139 cm³/mol. The van der Waals surface area contributed by atoms with Crippen molar-refractivity contribution < 1.29 is 18.4 Å². The van der Waals surface area contributed by atoms with Crippen LogP contribution in [-0.4, -0.2) is 68.4 Å². The van der Waals surface area contributed by atoms with Crippen LogP contribution in [0.25, 0.3) is 11.0 Å². The molecular weight excluding hydrogens is 483 g/mol. The van der Waals surface area contributed by atoms with Crippen molar-refractivity contribution in [1.29, 1.82) is 0 Å². The van der Waals surface area contributed by atoms with Gasteiger partial charge in [0.2, 0.25) is 5.91 Å². The standard InChI is InChI=1S/C27H38ClFN4O3/c1-35-17-20-12-19(13-20)14-26(34)30-21-4-2-18(3-5-21)6-7-32-8-10-33(11-9-32)27-22-15-23(28)24(29)16-25(22)36-31-27/h15-16,18-21H,2-14,17H2,1H3,(H,30,34)/t18-,19-,20-,21-. The Morgan fingerprint density at radius 3 is 2.61 bits per heavy atom. The second kappa shape index (κ2) is 11.7. The lowest BCUT2D eigenvalue weighted by atomic mass is 9.73. The minimum Gasteiger partial charge on any atom is -0.384 e. The Hall–Kier alpha value is -1.90. The second-order valence-corrected chi connectivity index (χ2v) is 11.4. The number of carbonyl (C=O) groups excluding carboxylic acids is 1. The number of amides is 1. The Balaban J connectivity index is 0.982. The van der Waals surface area contributed by atoms with E-state index in [1.54, 1.807) is 13.2 Å². The number of hydrogen-bond donors (Lipinski definition) is 1. The van der Waals surface area contributed by atoms with Crippen LogP contribution in [0.3, 0.4) is 0 Å². The third kappa shape index (κ3) is 6.14. The predicted octanol–water partition coefficient (Wildman–Crippen LogP) is 4.87. The molecule has 2 heterocycles. The highest BCUT2D eigenvalue weighted by Gasteiger charge is 2.31. The summed E-state index contributed by atoms with van der Waals surface area (Å²) < 4.78 is 24.2. The van der Waals surface area contributed by atoms with Crippen LogP contribution in [0, 0.1) is 23.6 Å². The minimum atomic E-state index is -0.488. The molecule has 2 aromatic rings. The van der Waals surface area contributed by atoms with Crippen LogP contribution in [0.5, 0.6) is 0 Å². The number of ether oxygens (including phenoxy) is 1. The third-order valence-corrected chi connectivity index (χ3v) is 8.73. The van der Waals surface area contributed by atoms with E-state index in [1.165, 1.54) is 25.3 Å². The minimum absolute atomic E-state index is 0.0920. The van der Waals surface area contributed by atoms with Gasteiger partial charge in [0.05, 0.1) is 10.4 Å². The molecule has 1 N–H and O–H groups in total. The number of rotatable bonds is 9. The van der Waals surface area contributed by atoms with Crippen LogP contribution in [0.2, 0.25) is 5.02 Å². The normalized spacial score (nSPS) is 27.2. The maximum atomic E-state index is 13.7. The zero-order chi connectivity index (χ0) is 25.1. The average molecular weight is 521 g/mol. The van der Waals surface area contributed by atoms with Gasteiger partial charge in [0.25, 0.3) is 0 Å².